The molecule has 0 spiro atoms. The third-order valence-corrected chi connectivity index (χ3v) is 4.43. The average molecular weight is 353 g/mol. The van der Waals surface area contributed by atoms with Crippen molar-refractivity contribution in [1.29, 1.82) is 0 Å². The van der Waals surface area contributed by atoms with Crippen molar-refractivity contribution in [3.8, 4) is 0 Å². The summed E-state index contributed by atoms with van der Waals surface area (Å²) in [6.45, 7) is 1.93. The molecule has 4 nitrogen and oxygen atoms in total. The fraction of sp³-hybridized carbons (Fsp3) is 0.143. The Labute approximate surface area is 129 Å². The van der Waals surface area contributed by atoms with E-state index in [2.05, 4.69) is 15.9 Å². The molecule has 20 heavy (non-hydrogen) atoms. The molecule has 2 aromatic rings. The van der Waals surface area contributed by atoms with Gasteiger partial charge in [-0.25, -0.2) is 0 Å². The Hall–Kier alpha value is -1.37. The fourth-order valence-corrected chi connectivity index (χ4v) is 3.46. The van der Waals surface area contributed by atoms with Crippen LogP contribution in [0.4, 0.5) is 5.69 Å². The lowest BCUT2D eigenvalue weighted by atomic mass is 10.1. The minimum atomic E-state index is -0.400. The molecule has 0 saturated heterocycles. The van der Waals surface area contributed by atoms with Gasteiger partial charge in [-0.1, -0.05) is 33.8 Å². The largest absolute Gasteiger partial charge is 0.324 e. The lowest BCUT2D eigenvalue weighted by molar-refractivity contribution is -0.384. The second kappa shape index (κ2) is 6.39. The summed E-state index contributed by atoms with van der Waals surface area (Å²) in [5, 5.41) is 10.6. The summed E-state index contributed by atoms with van der Waals surface area (Å²) in [5.74, 6) is 0. The van der Waals surface area contributed by atoms with Crippen LogP contribution in [0.25, 0.3) is 0 Å². The van der Waals surface area contributed by atoms with Crippen LogP contribution in [0.1, 0.15) is 18.5 Å². The zero-order valence-electron chi connectivity index (χ0n) is 10.7. The molecule has 2 N–H and O–H groups in total. The second-order valence-corrected chi connectivity index (χ2v) is 6.33. The Morgan fingerprint density at radius 1 is 1.20 bits per heavy atom. The van der Waals surface area contributed by atoms with E-state index in [4.69, 9.17) is 5.73 Å². The topological polar surface area (TPSA) is 69.2 Å². The van der Waals surface area contributed by atoms with Crippen molar-refractivity contribution in [2.45, 2.75) is 22.8 Å². The Kier molecular flexibility index (Phi) is 4.80. The summed E-state index contributed by atoms with van der Waals surface area (Å²) < 4.78 is 0.972. The standard InChI is InChI=1S/C14H13BrN2O2S/c1-9(16)13-7-6-12(8-14(13)15)20-11-4-2-10(3-5-11)17(18)19/h2-9H,16H2,1H3. The molecule has 6 heteroatoms. The molecule has 1 atom stereocenters. The number of nitro groups is 1. The highest BCUT2D eigenvalue weighted by Gasteiger charge is 2.08. The van der Waals surface area contributed by atoms with Crippen molar-refractivity contribution in [2.75, 3.05) is 0 Å². The molecule has 0 saturated carbocycles. The van der Waals surface area contributed by atoms with Gasteiger partial charge in [-0.2, -0.15) is 0 Å². The van der Waals surface area contributed by atoms with Crippen molar-refractivity contribution in [1.82, 2.24) is 0 Å². The Balaban J connectivity index is 2.17. The van der Waals surface area contributed by atoms with Gasteiger partial charge in [0.1, 0.15) is 0 Å². The molecule has 0 aliphatic rings. The monoisotopic (exact) mass is 352 g/mol. The molecule has 2 aromatic carbocycles. The van der Waals surface area contributed by atoms with Gasteiger partial charge in [0.15, 0.2) is 0 Å². The minimum Gasteiger partial charge on any atom is -0.324 e. The van der Waals surface area contributed by atoms with Crippen molar-refractivity contribution >= 4 is 33.4 Å². The van der Waals surface area contributed by atoms with Gasteiger partial charge in [-0.05, 0) is 36.8 Å². The molecule has 0 heterocycles. The number of nitro benzene ring substituents is 1. The highest BCUT2D eigenvalue weighted by Crippen LogP contribution is 2.33. The Morgan fingerprint density at radius 3 is 2.30 bits per heavy atom. The molecule has 0 fully saturated rings. The van der Waals surface area contributed by atoms with Crippen LogP contribution < -0.4 is 5.73 Å². The number of nitrogens with two attached hydrogens (primary N) is 1. The van der Waals surface area contributed by atoms with E-state index >= 15 is 0 Å². The first-order chi connectivity index (χ1) is 9.47. The molecule has 104 valence electrons. The normalized spacial score (nSPS) is 12.2. The van der Waals surface area contributed by atoms with E-state index in [9.17, 15) is 10.1 Å². The Morgan fingerprint density at radius 2 is 1.80 bits per heavy atom. The van der Waals surface area contributed by atoms with Crippen molar-refractivity contribution in [3.05, 3.63) is 62.6 Å². The number of hydrogen-bond donors (Lipinski definition) is 1. The summed E-state index contributed by atoms with van der Waals surface area (Å²) in [6.07, 6.45) is 0. The van der Waals surface area contributed by atoms with Gasteiger partial charge in [0.05, 0.1) is 4.92 Å². The predicted molar refractivity (Wildman–Crippen MR) is 84.0 cm³/mol. The van der Waals surface area contributed by atoms with Crippen LogP contribution in [-0.4, -0.2) is 4.92 Å². The van der Waals surface area contributed by atoms with Gasteiger partial charge in [-0.15, -0.1) is 0 Å². The van der Waals surface area contributed by atoms with E-state index in [1.165, 1.54) is 12.1 Å². The highest BCUT2D eigenvalue weighted by atomic mass is 79.9. The molecular weight excluding hydrogens is 340 g/mol. The van der Waals surface area contributed by atoms with Crippen LogP contribution in [0.5, 0.6) is 0 Å². The van der Waals surface area contributed by atoms with Gasteiger partial charge in [-0.3, -0.25) is 10.1 Å². The first-order valence-corrected chi connectivity index (χ1v) is 7.55. The van der Waals surface area contributed by atoms with E-state index in [0.29, 0.717) is 0 Å². The molecule has 0 aliphatic heterocycles. The van der Waals surface area contributed by atoms with Crippen molar-refractivity contribution in [2.24, 2.45) is 5.73 Å². The molecule has 2 rings (SSSR count). The average Bonchev–Trinajstić information content (AvgIpc) is 2.39. The van der Waals surface area contributed by atoms with Gasteiger partial charge >= 0.3 is 0 Å². The zero-order chi connectivity index (χ0) is 14.7. The lowest BCUT2D eigenvalue weighted by Gasteiger charge is -2.10. The van der Waals surface area contributed by atoms with E-state index in [1.807, 2.05) is 25.1 Å². The van der Waals surface area contributed by atoms with Gasteiger partial charge < -0.3 is 5.73 Å². The zero-order valence-corrected chi connectivity index (χ0v) is 13.1. The van der Waals surface area contributed by atoms with Gasteiger partial charge in [0.2, 0.25) is 0 Å². The predicted octanol–water partition coefficient (Wildman–Crippen LogP) is 4.53. The van der Waals surface area contributed by atoms with Crippen LogP contribution in [0.15, 0.2) is 56.7 Å². The lowest BCUT2D eigenvalue weighted by Crippen LogP contribution is -2.05. The molecular formula is C14H13BrN2O2S. The van der Waals surface area contributed by atoms with Crippen LogP contribution >= 0.6 is 27.7 Å². The maximum Gasteiger partial charge on any atom is 0.269 e. The SMILES string of the molecule is CC(N)c1ccc(Sc2ccc([N+](=O)[O-])cc2)cc1Br. The first-order valence-electron chi connectivity index (χ1n) is 5.94. The van der Waals surface area contributed by atoms with Crippen LogP contribution in [0, 0.1) is 10.1 Å². The molecule has 0 aliphatic carbocycles. The summed E-state index contributed by atoms with van der Waals surface area (Å²) in [6, 6.07) is 12.5. The molecule has 0 bridgehead atoms. The number of nitrogens with zero attached hydrogens (tertiary/aromatic N) is 1. The Bertz CT molecular complexity index is 630. The van der Waals surface area contributed by atoms with Gasteiger partial charge in [0.25, 0.3) is 5.69 Å². The molecule has 1 unspecified atom stereocenters. The quantitative estimate of drug-likeness (QED) is 0.648. The minimum absolute atomic E-state index is 0.0252. The van der Waals surface area contributed by atoms with E-state index in [0.717, 1.165) is 19.8 Å². The number of benzene rings is 2. The van der Waals surface area contributed by atoms with Crippen LogP contribution in [-0.2, 0) is 0 Å². The summed E-state index contributed by atoms with van der Waals surface area (Å²) in [4.78, 5) is 12.2. The third-order valence-electron chi connectivity index (χ3n) is 2.75. The maximum absolute atomic E-state index is 10.6. The van der Waals surface area contributed by atoms with E-state index in [1.54, 1.807) is 23.9 Å². The molecule has 0 aromatic heterocycles. The number of hydrogen-bond acceptors (Lipinski definition) is 4. The smallest absolute Gasteiger partial charge is 0.269 e. The number of rotatable bonds is 4. The van der Waals surface area contributed by atoms with E-state index in [-0.39, 0.29) is 11.7 Å². The summed E-state index contributed by atoms with van der Waals surface area (Å²) in [7, 11) is 0. The fourth-order valence-electron chi connectivity index (χ4n) is 1.71. The first kappa shape index (κ1) is 15.0. The highest BCUT2D eigenvalue weighted by molar-refractivity contribution is 9.10. The van der Waals surface area contributed by atoms with Crippen LogP contribution in [0.3, 0.4) is 0 Å². The summed E-state index contributed by atoms with van der Waals surface area (Å²) >= 11 is 5.06. The number of non-ortho nitro benzene ring substituents is 1. The van der Waals surface area contributed by atoms with Crippen molar-refractivity contribution < 1.29 is 4.92 Å². The number of halogens is 1. The second-order valence-electron chi connectivity index (χ2n) is 4.33. The van der Waals surface area contributed by atoms with Gasteiger partial charge in [0, 0.05) is 32.4 Å². The van der Waals surface area contributed by atoms with Crippen LogP contribution in [0.2, 0.25) is 0 Å². The van der Waals surface area contributed by atoms with E-state index < -0.39 is 4.92 Å². The summed E-state index contributed by atoms with van der Waals surface area (Å²) in [5.41, 5.74) is 7.02. The molecule has 0 radical (unpaired) electrons. The third kappa shape index (κ3) is 3.59. The molecule has 0 amide bonds. The van der Waals surface area contributed by atoms with Crippen molar-refractivity contribution in [3.63, 3.8) is 0 Å². The maximum atomic E-state index is 10.6.